The van der Waals surface area contributed by atoms with Gasteiger partial charge in [0, 0.05) is 35.2 Å². The Morgan fingerprint density at radius 2 is 1.58 bits per heavy atom. The highest BCUT2D eigenvalue weighted by atomic mass is 16.7. The van der Waals surface area contributed by atoms with Gasteiger partial charge in [-0.25, -0.2) is 15.1 Å². The Bertz CT molecular complexity index is 533. The lowest BCUT2D eigenvalue weighted by molar-refractivity contribution is -0.169. The van der Waals surface area contributed by atoms with Gasteiger partial charge >= 0.3 is 6.03 Å². The maximum absolute atomic E-state index is 12.7. The van der Waals surface area contributed by atoms with Gasteiger partial charge in [-0.05, 0) is 6.92 Å². The van der Waals surface area contributed by atoms with E-state index in [2.05, 4.69) is 9.99 Å². The van der Waals surface area contributed by atoms with Crippen LogP contribution in [0.4, 0.5) is 4.79 Å². The van der Waals surface area contributed by atoms with Gasteiger partial charge in [-0.1, -0.05) is 5.16 Å². The third-order valence-electron chi connectivity index (χ3n) is 2.92. The van der Waals surface area contributed by atoms with Crippen LogP contribution in [0.15, 0.2) is 5.16 Å². The number of nitrogens with one attached hydrogen (secondary N) is 1. The summed E-state index contributed by atoms with van der Waals surface area (Å²) in [7, 11) is 7.98. The van der Waals surface area contributed by atoms with Gasteiger partial charge in [-0.3, -0.25) is 19.3 Å². The van der Waals surface area contributed by atoms with Crippen molar-refractivity contribution in [1.29, 1.82) is 0 Å². The third-order valence-corrected chi connectivity index (χ3v) is 2.92. The molecule has 0 saturated carbocycles. The van der Waals surface area contributed by atoms with Crippen molar-refractivity contribution in [3.63, 3.8) is 0 Å². The van der Waals surface area contributed by atoms with Crippen molar-refractivity contribution >= 4 is 30.0 Å². The SMILES string of the molecule is CO/N=C(\C)C(ONC(=O)N(C)C)(C(=O)N(C)C)C(=O)N(C)C=O. The summed E-state index contributed by atoms with van der Waals surface area (Å²) >= 11 is 0. The summed E-state index contributed by atoms with van der Waals surface area (Å²) in [6, 6.07) is -0.724. The van der Waals surface area contributed by atoms with Crippen molar-refractivity contribution in [3.8, 4) is 0 Å². The van der Waals surface area contributed by atoms with Gasteiger partial charge in [0.15, 0.2) is 0 Å². The molecule has 0 aromatic rings. The number of urea groups is 1. The van der Waals surface area contributed by atoms with Crippen molar-refractivity contribution in [3.05, 3.63) is 0 Å². The van der Waals surface area contributed by atoms with Gasteiger partial charge in [0.25, 0.3) is 17.4 Å². The summed E-state index contributed by atoms with van der Waals surface area (Å²) < 4.78 is 0. The van der Waals surface area contributed by atoms with E-state index in [9.17, 15) is 19.2 Å². The molecule has 0 bridgehead atoms. The minimum Gasteiger partial charge on any atom is -0.399 e. The first-order chi connectivity index (χ1) is 11.1. The average molecular weight is 345 g/mol. The van der Waals surface area contributed by atoms with Crippen LogP contribution in [0.1, 0.15) is 6.92 Å². The first kappa shape index (κ1) is 21.3. The lowest BCUT2D eigenvalue weighted by Gasteiger charge is -2.33. The summed E-state index contributed by atoms with van der Waals surface area (Å²) in [5.74, 6) is -1.91. The maximum Gasteiger partial charge on any atom is 0.340 e. The Labute approximate surface area is 140 Å². The molecular formula is C13H23N5O6. The van der Waals surface area contributed by atoms with Gasteiger partial charge in [-0.2, -0.15) is 0 Å². The van der Waals surface area contributed by atoms with Crippen LogP contribution < -0.4 is 5.48 Å². The number of hydrogen-bond donors (Lipinski definition) is 1. The van der Waals surface area contributed by atoms with E-state index in [-0.39, 0.29) is 12.1 Å². The number of likely N-dealkylation sites (N-methyl/N-ethyl adjacent to an activating group) is 2. The highest BCUT2D eigenvalue weighted by Crippen LogP contribution is 2.19. The molecule has 11 heteroatoms. The largest absolute Gasteiger partial charge is 0.399 e. The molecule has 24 heavy (non-hydrogen) atoms. The number of hydrogen-bond acceptors (Lipinski definition) is 7. The minimum absolute atomic E-state index is 0.206. The molecule has 5 amide bonds. The molecule has 0 aromatic heterocycles. The monoisotopic (exact) mass is 345 g/mol. The summed E-state index contributed by atoms with van der Waals surface area (Å²) in [5, 5.41) is 3.58. The minimum atomic E-state index is -2.40. The summed E-state index contributed by atoms with van der Waals surface area (Å²) in [6.07, 6.45) is 0.206. The Kier molecular flexibility index (Phi) is 7.83. The van der Waals surface area contributed by atoms with E-state index in [1.807, 2.05) is 5.48 Å². The topological polar surface area (TPSA) is 121 Å². The van der Waals surface area contributed by atoms with E-state index >= 15 is 0 Å². The number of amides is 5. The van der Waals surface area contributed by atoms with Crippen molar-refractivity contribution in [1.82, 2.24) is 20.2 Å². The molecular weight excluding hydrogens is 322 g/mol. The van der Waals surface area contributed by atoms with Crippen LogP contribution in [0, 0.1) is 0 Å². The van der Waals surface area contributed by atoms with E-state index < -0.39 is 23.4 Å². The second-order valence-corrected chi connectivity index (χ2v) is 5.17. The number of rotatable bonds is 7. The average Bonchev–Trinajstić information content (AvgIpc) is 2.53. The molecule has 1 atom stereocenters. The summed E-state index contributed by atoms with van der Waals surface area (Å²) in [6.45, 7) is 1.29. The Hall–Kier alpha value is -2.69. The van der Waals surface area contributed by atoms with Crippen molar-refractivity contribution in [2.75, 3.05) is 42.3 Å². The summed E-state index contributed by atoms with van der Waals surface area (Å²) in [4.78, 5) is 60.6. The second-order valence-electron chi connectivity index (χ2n) is 5.17. The van der Waals surface area contributed by atoms with Gasteiger partial charge in [-0.15, -0.1) is 0 Å². The highest BCUT2D eigenvalue weighted by Gasteiger charge is 2.55. The van der Waals surface area contributed by atoms with E-state index in [0.717, 1.165) is 16.8 Å². The van der Waals surface area contributed by atoms with E-state index in [4.69, 9.17) is 4.84 Å². The van der Waals surface area contributed by atoms with Crippen LogP contribution in [0.5, 0.6) is 0 Å². The smallest absolute Gasteiger partial charge is 0.340 e. The van der Waals surface area contributed by atoms with Crippen molar-refractivity contribution < 1.29 is 28.9 Å². The van der Waals surface area contributed by atoms with Gasteiger partial charge < -0.3 is 14.6 Å². The lowest BCUT2D eigenvalue weighted by atomic mass is 9.95. The number of imide groups is 1. The molecule has 0 aliphatic heterocycles. The zero-order valence-corrected chi connectivity index (χ0v) is 14.8. The van der Waals surface area contributed by atoms with E-state index in [0.29, 0.717) is 4.90 Å². The molecule has 1 N–H and O–H groups in total. The molecule has 0 aliphatic rings. The molecule has 0 rings (SSSR count). The Morgan fingerprint density at radius 1 is 1.04 bits per heavy atom. The fourth-order valence-electron chi connectivity index (χ4n) is 1.59. The zero-order chi connectivity index (χ0) is 19.1. The first-order valence-corrected chi connectivity index (χ1v) is 6.74. The maximum atomic E-state index is 12.7. The first-order valence-electron chi connectivity index (χ1n) is 6.74. The van der Waals surface area contributed by atoms with Gasteiger partial charge in [0.05, 0.1) is 0 Å². The lowest BCUT2D eigenvalue weighted by Crippen LogP contribution is -2.65. The van der Waals surface area contributed by atoms with Crippen LogP contribution in [-0.2, 0) is 24.1 Å². The fourth-order valence-corrected chi connectivity index (χ4v) is 1.59. The number of nitrogens with zero attached hydrogens (tertiary/aromatic N) is 4. The molecule has 0 heterocycles. The quantitative estimate of drug-likeness (QED) is 0.264. The number of oxime groups is 1. The van der Waals surface area contributed by atoms with Gasteiger partial charge in [0.2, 0.25) is 6.41 Å². The van der Waals surface area contributed by atoms with Gasteiger partial charge in [0.1, 0.15) is 12.8 Å². The van der Waals surface area contributed by atoms with Crippen LogP contribution >= 0.6 is 0 Å². The molecule has 11 nitrogen and oxygen atoms in total. The van der Waals surface area contributed by atoms with Crippen LogP contribution in [0.3, 0.4) is 0 Å². The molecule has 0 saturated heterocycles. The second kappa shape index (κ2) is 8.82. The standard InChI is InChI=1S/C13H23N5O6/c1-9(14-23-7)13(10(20)16(2)3,11(21)18(6)8-19)24-15-12(22)17(4)5/h8H,1-7H3,(H,15,22)/b14-9+. The fraction of sp³-hybridized carbons (Fsp3) is 0.615. The van der Waals surface area contributed by atoms with Crippen LogP contribution in [0.2, 0.25) is 0 Å². The van der Waals surface area contributed by atoms with Crippen LogP contribution in [-0.4, -0.2) is 92.6 Å². The Morgan fingerprint density at radius 3 is 1.96 bits per heavy atom. The van der Waals surface area contributed by atoms with Crippen molar-refractivity contribution in [2.24, 2.45) is 5.16 Å². The predicted molar refractivity (Wildman–Crippen MR) is 83.7 cm³/mol. The normalized spacial score (nSPS) is 13.4. The highest BCUT2D eigenvalue weighted by molar-refractivity contribution is 6.28. The molecule has 136 valence electrons. The molecule has 0 fully saturated rings. The van der Waals surface area contributed by atoms with E-state index in [1.54, 1.807) is 0 Å². The molecule has 0 spiro atoms. The number of hydroxylamine groups is 1. The predicted octanol–water partition coefficient (Wildman–Crippen LogP) is -1.35. The van der Waals surface area contributed by atoms with Crippen LogP contribution in [0.25, 0.3) is 0 Å². The number of carbonyl (C=O) groups excluding carboxylic acids is 4. The van der Waals surface area contributed by atoms with E-state index in [1.165, 1.54) is 42.2 Å². The number of carbonyl (C=O) groups is 4. The molecule has 0 aliphatic carbocycles. The zero-order valence-electron chi connectivity index (χ0n) is 14.8. The molecule has 0 radical (unpaired) electrons. The Balaban J connectivity index is 6.18. The molecule has 1 unspecified atom stereocenters. The third kappa shape index (κ3) is 4.41. The van der Waals surface area contributed by atoms with Crippen molar-refractivity contribution in [2.45, 2.75) is 12.5 Å². The molecule has 0 aromatic carbocycles. The summed E-state index contributed by atoms with van der Waals surface area (Å²) in [5.41, 5.74) is -0.611.